The van der Waals surface area contributed by atoms with Gasteiger partial charge in [-0.1, -0.05) is 20.8 Å². The van der Waals surface area contributed by atoms with E-state index in [9.17, 15) is 0 Å². The van der Waals surface area contributed by atoms with E-state index in [1.165, 1.54) is 12.8 Å². The highest BCUT2D eigenvalue weighted by atomic mass is 16.3. The first-order chi connectivity index (χ1) is 6.01. The lowest BCUT2D eigenvalue weighted by Gasteiger charge is -2.20. The maximum absolute atomic E-state index is 8.97. The van der Waals surface area contributed by atoms with Crippen molar-refractivity contribution in [3.63, 3.8) is 0 Å². The van der Waals surface area contributed by atoms with Crippen molar-refractivity contribution in [1.29, 1.82) is 0 Å². The Kier molecular flexibility index (Phi) is 3.74. The Balaban J connectivity index is 2.17. The molecule has 1 fully saturated rings. The van der Waals surface area contributed by atoms with Crippen LogP contribution in [-0.2, 0) is 0 Å². The highest BCUT2D eigenvalue weighted by molar-refractivity contribution is 4.82. The molecule has 2 nitrogen and oxygen atoms in total. The third-order valence-corrected chi connectivity index (χ3v) is 2.81. The van der Waals surface area contributed by atoms with Gasteiger partial charge in [-0.15, -0.1) is 0 Å². The Labute approximate surface area is 81.7 Å². The SMILES string of the molecule is CC(C)(C)CCC1CC(CO)CN1. The predicted octanol–water partition coefficient (Wildman–Crippen LogP) is 1.78. The standard InChI is InChI=1S/C11H23NO/c1-11(2,3)5-4-10-6-9(8-13)7-12-10/h9-10,12-13H,4-8H2,1-3H3. The summed E-state index contributed by atoms with van der Waals surface area (Å²) in [6.07, 6.45) is 3.68. The van der Waals surface area contributed by atoms with Gasteiger partial charge in [-0.25, -0.2) is 0 Å². The molecule has 2 unspecified atom stereocenters. The van der Waals surface area contributed by atoms with Crippen molar-refractivity contribution in [3.05, 3.63) is 0 Å². The number of nitrogens with one attached hydrogen (secondary N) is 1. The molecule has 0 radical (unpaired) electrons. The van der Waals surface area contributed by atoms with Crippen LogP contribution in [0.15, 0.2) is 0 Å². The van der Waals surface area contributed by atoms with Gasteiger partial charge in [0.1, 0.15) is 0 Å². The minimum Gasteiger partial charge on any atom is -0.396 e. The lowest BCUT2D eigenvalue weighted by Crippen LogP contribution is -2.23. The molecular weight excluding hydrogens is 162 g/mol. The lowest BCUT2D eigenvalue weighted by atomic mass is 9.88. The largest absolute Gasteiger partial charge is 0.396 e. The number of hydrogen-bond donors (Lipinski definition) is 2. The molecule has 0 bridgehead atoms. The zero-order valence-electron chi connectivity index (χ0n) is 9.14. The second-order valence-electron chi connectivity index (χ2n) is 5.49. The van der Waals surface area contributed by atoms with Crippen molar-refractivity contribution in [1.82, 2.24) is 5.32 Å². The Bertz CT molecular complexity index is 151. The average molecular weight is 185 g/mol. The maximum Gasteiger partial charge on any atom is 0.0471 e. The van der Waals surface area contributed by atoms with Gasteiger partial charge in [-0.3, -0.25) is 0 Å². The van der Waals surface area contributed by atoms with Gasteiger partial charge in [0.25, 0.3) is 0 Å². The van der Waals surface area contributed by atoms with Crippen LogP contribution in [0.3, 0.4) is 0 Å². The first-order valence-corrected chi connectivity index (χ1v) is 5.35. The fourth-order valence-electron chi connectivity index (χ4n) is 1.87. The van der Waals surface area contributed by atoms with E-state index in [4.69, 9.17) is 5.11 Å². The van der Waals surface area contributed by atoms with E-state index in [0.717, 1.165) is 13.0 Å². The highest BCUT2D eigenvalue weighted by Gasteiger charge is 2.24. The van der Waals surface area contributed by atoms with E-state index >= 15 is 0 Å². The van der Waals surface area contributed by atoms with Crippen LogP contribution in [0.5, 0.6) is 0 Å². The molecule has 2 heteroatoms. The molecule has 78 valence electrons. The first-order valence-electron chi connectivity index (χ1n) is 5.35. The molecule has 1 saturated heterocycles. The highest BCUT2D eigenvalue weighted by Crippen LogP contribution is 2.25. The van der Waals surface area contributed by atoms with Gasteiger partial charge in [0.2, 0.25) is 0 Å². The van der Waals surface area contributed by atoms with E-state index in [0.29, 0.717) is 24.0 Å². The summed E-state index contributed by atoms with van der Waals surface area (Å²) < 4.78 is 0. The molecule has 0 amide bonds. The lowest BCUT2D eigenvalue weighted by molar-refractivity contribution is 0.234. The van der Waals surface area contributed by atoms with Gasteiger partial charge >= 0.3 is 0 Å². The molecule has 2 atom stereocenters. The van der Waals surface area contributed by atoms with E-state index in [-0.39, 0.29) is 0 Å². The zero-order chi connectivity index (χ0) is 9.90. The molecule has 1 aliphatic heterocycles. The molecule has 1 aliphatic rings. The summed E-state index contributed by atoms with van der Waals surface area (Å²) in [5.74, 6) is 0.505. The van der Waals surface area contributed by atoms with Crippen LogP contribution in [-0.4, -0.2) is 24.3 Å². The summed E-state index contributed by atoms with van der Waals surface area (Å²) in [6, 6.07) is 0.649. The van der Waals surface area contributed by atoms with Crippen molar-refractivity contribution in [3.8, 4) is 0 Å². The second kappa shape index (κ2) is 4.43. The van der Waals surface area contributed by atoms with Gasteiger partial charge in [0, 0.05) is 19.2 Å². The Morgan fingerprint density at radius 2 is 2.08 bits per heavy atom. The van der Waals surface area contributed by atoms with E-state index in [1.807, 2.05) is 0 Å². The number of aliphatic hydroxyl groups is 1. The van der Waals surface area contributed by atoms with Crippen LogP contribution < -0.4 is 5.32 Å². The smallest absolute Gasteiger partial charge is 0.0471 e. The number of aliphatic hydroxyl groups excluding tert-OH is 1. The molecular formula is C11H23NO. The number of hydrogen-bond acceptors (Lipinski definition) is 2. The van der Waals surface area contributed by atoms with Crippen molar-refractivity contribution in [2.75, 3.05) is 13.2 Å². The molecule has 0 aliphatic carbocycles. The summed E-state index contributed by atoms with van der Waals surface area (Å²) in [7, 11) is 0. The van der Waals surface area contributed by atoms with Crippen molar-refractivity contribution in [2.24, 2.45) is 11.3 Å². The Hall–Kier alpha value is -0.0800. The number of rotatable bonds is 3. The van der Waals surface area contributed by atoms with Gasteiger partial charge in [0.15, 0.2) is 0 Å². The Morgan fingerprint density at radius 1 is 1.38 bits per heavy atom. The van der Waals surface area contributed by atoms with Crippen molar-refractivity contribution < 1.29 is 5.11 Å². The molecule has 0 aromatic carbocycles. The maximum atomic E-state index is 8.97. The molecule has 0 spiro atoms. The van der Waals surface area contributed by atoms with Crippen LogP contribution in [0.25, 0.3) is 0 Å². The van der Waals surface area contributed by atoms with Crippen LogP contribution in [0.4, 0.5) is 0 Å². The summed E-state index contributed by atoms with van der Waals surface area (Å²) in [6.45, 7) is 8.20. The van der Waals surface area contributed by atoms with Crippen LogP contribution in [0, 0.1) is 11.3 Å². The quantitative estimate of drug-likeness (QED) is 0.702. The topological polar surface area (TPSA) is 32.3 Å². The first kappa shape index (κ1) is 11.0. The summed E-state index contributed by atoms with van der Waals surface area (Å²) in [4.78, 5) is 0. The average Bonchev–Trinajstić information content (AvgIpc) is 2.47. The summed E-state index contributed by atoms with van der Waals surface area (Å²) in [5.41, 5.74) is 0.443. The molecule has 1 rings (SSSR count). The fourth-order valence-corrected chi connectivity index (χ4v) is 1.87. The normalized spacial score (nSPS) is 29.5. The minimum atomic E-state index is 0.346. The van der Waals surface area contributed by atoms with E-state index < -0.39 is 0 Å². The molecule has 1 heterocycles. The fraction of sp³-hybridized carbons (Fsp3) is 1.00. The zero-order valence-corrected chi connectivity index (χ0v) is 9.14. The second-order valence-corrected chi connectivity index (χ2v) is 5.49. The van der Waals surface area contributed by atoms with Crippen molar-refractivity contribution in [2.45, 2.75) is 46.1 Å². The molecule has 0 aromatic rings. The molecule has 0 saturated carbocycles. The van der Waals surface area contributed by atoms with Crippen LogP contribution in [0.2, 0.25) is 0 Å². The third kappa shape index (κ3) is 4.10. The third-order valence-electron chi connectivity index (χ3n) is 2.81. The van der Waals surface area contributed by atoms with Gasteiger partial charge in [0.05, 0.1) is 0 Å². The Morgan fingerprint density at radius 3 is 2.54 bits per heavy atom. The van der Waals surface area contributed by atoms with E-state index in [1.54, 1.807) is 0 Å². The van der Waals surface area contributed by atoms with E-state index in [2.05, 4.69) is 26.1 Å². The van der Waals surface area contributed by atoms with Crippen LogP contribution in [0.1, 0.15) is 40.0 Å². The molecule has 13 heavy (non-hydrogen) atoms. The van der Waals surface area contributed by atoms with Gasteiger partial charge in [-0.2, -0.15) is 0 Å². The predicted molar refractivity (Wildman–Crippen MR) is 55.7 cm³/mol. The molecule has 2 N–H and O–H groups in total. The molecule has 0 aromatic heterocycles. The van der Waals surface area contributed by atoms with Crippen molar-refractivity contribution >= 4 is 0 Å². The monoisotopic (exact) mass is 185 g/mol. The summed E-state index contributed by atoms with van der Waals surface area (Å²) >= 11 is 0. The minimum absolute atomic E-state index is 0.346. The van der Waals surface area contributed by atoms with Gasteiger partial charge in [-0.05, 0) is 30.6 Å². The summed E-state index contributed by atoms with van der Waals surface area (Å²) in [5, 5.41) is 12.4. The van der Waals surface area contributed by atoms with Gasteiger partial charge < -0.3 is 10.4 Å². The van der Waals surface area contributed by atoms with Crippen LogP contribution >= 0.6 is 0 Å².